The van der Waals surface area contributed by atoms with Gasteiger partial charge in [0.2, 0.25) is 0 Å². The maximum absolute atomic E-state index is 11.9. The SMILES string of the molecule is C.CCC(O)COC(=O)C(C)(COC)COC(C)=O.COCC(C)(COC(C)=O)C(=O)OCC1CC1. The standard InChI is InChI=1S/C12H22O6.C12H20O5.CH4/c1-5-10(14)6-17-11(15)12(3,7-16-4)8-18-9(2)13;1-9(13)17-8-12(2,7-15-3)11(14)16-6-10-4-5-10;/h10,14H,5-8H2,1-4H3;10H,4-8H2,1-3H3;1H4. The third-order valence-electron chi connectivity index (χ3n) is 5.12. The monoisotopic (exact) mass is 522 g/mol. The minimum Gasteiger partial charge on any atom is -0.465 e. The van der Waals surface area contributed by atoms with Crippen LogP contribution in [0.5, 0.6) is 0 Å². The molecule has 11 heteroatoms. The van der Waals surface area contributed by atoms with E-state index in [0.717, 1.165) is 12.8 Å². The zero-order valence-corrected chi connectivity index (χ0v) is 22.0. The summed E-state index contributed by atoms with van der Waals surface area (Å²) in [5.41, 5.74) is -1.98. The summed E-state index contributed by atoms with van der Waals surface area (Å²) in [5.74, 6) is -1.30. The quantitative estimate of drug-likeness (QED) is 0.250. The lowest BCUT2D eigenvalue weighted by atomic mass is 9.93. The number of ether oxygens (including phenoxy) is 6. The predicted octanol–water partition coefficient (Wildman–Crippen LogP) is 2.31. The van der Waals surface area contributed by atoms with E-state index in [9.17, 15) is 24.3 Å². The van der Waals surface area contributed by atoms with Crippen LogP contribution in [0.2, 0.25) is 0 Å². The largest absolute Gasteiger partial charge is 0.465 e. The smallest absolute Gasteiger partial charge is 0.317 e. The highest BCUT2D eigenvalue weighted by atomic mass is 16.6. The van der Waals surface area contributed by atoms with Crippen LogP contribution in [0.3, 0.4) is 0 Å². The maximum Gasteiger partial charge on any atom is 0.317 e. The molecule has 0 aromatic carbocycles. The second-order valence-corrected chi connectivity index (χ2v) is 9.25. The molecule has 0 aromatic heterocycles. The Morgan fingerprint density at radius 1 is 0.806 bits per heavy atom. The van der Waals surface area contributed by atoms with Crippen LogP contribution in [0.25, 0.3) is 0 Å². The Kier molecular flexibility index (Phi) is 18.0. The number of rotatable bonds is 15. The van der Waals surface area contributed by atoms with Gasteiger partial charge < -0.3 is 33.5 Å². The van der Waals surface area contributed by atoms with Crippen molar-refractivity contribution in [1.82, 2.24) is 0 Å². The van der Waals surface area contributed by atoms with Crippen LogP contribution in [0.1, 0.15) is 61.3 Å². The molecule has 0 heterocycles. The number of aliphatic hydroxyl groups is 1. The molecule has 1 N–H and O–H groups in total. The molecule has 0 amide bonds. The van der Waals surface area contributed by atoms with Crippen LogP contribution >= 0.6 is 0 Å². The molecule has 0 saturated heterocycles. The summed E-state index contributed by atoms with van der Waals surface area (Å²) < 4.78 is 29.8. The van der Waals surface area contributed by atoms with Crippen LogP contribution in [0.15, 0.2) is 0 Å². The molecule has 36 heavy (non-hydrogen) atoms. The second-order valence-electron chi connectivity index (χ2n) is 9.25. The lowest BCUT2D eigenvalue weighted by molar-refractivity contribution is -0.169. The number of carbonyl (C=O) groups is 4. The normalized spacial score (nSPS) is 16.4. The third-order valence-corrected chi connectivity index (χ3v) is 5.12. The van der Waals surface area contributed by atoms with Gasteiger partial charge in [-0.3, -0.25) is 19.2 Å². The molecular weight excluding hydrogens is 476 g/mol. The summed E-state index contributed by atoms with van der Waals surface area (Å²) in [6.07, 6.45) is 2.06. The molecule has 1 aliphatic rings. The lowest BCUT2D eigenvalue weighted by Crippen LogP contribution is -2.40. The van der Waals surface area contributed by atoms with E-state index < -0.39 is 34.8 Å². The van der Waals surface area contributed by atoms with Gasteiger partial charge in [-0.05, 0) is 39.0 Å². The predicted molar refractivity (Wildman–Crippen MR) is 131 cm³/mol. The van der Waals surface area contributed by atoms with Gasteiger partial charge in [0.05, 0.1) is 25.9 Å². The molecule has 3 atom stereocenters. The lowest BCUT2D eigenvalue weighted by Gasteiger charge is -2.26. The Morgan fingerprint density at radius 2 is 1.22 bits per heavy atom. The highest BCUT2D eigenvalue weighted by Gasteiger charge is 2.38. The van der Waals surface area contributed by atoms with E-state index >= 15 is 0 Å². The summed E-state index contributed by atoms with van der Waals surface area (Å²) >= 11 is 0. The fourth-order valence-electron chi connectivity index (χ4n) is 2.59. The zero-order chi connectivity index (χ0) is 27.1. The first-order chi connectivity index (χ1) is 16.3. The van der Waals surface area contributed by atoms with Gasteiger partial charge in [-0.2, -0.15) is 0 Å². The van der Waals surface area contributed by atoms with E-state index in [1.807, 2.05) is 0 Å². The van der Waals surface area contributed by atoms with E-state index in [-0.39, 0.29) is 46.4 Å². The minimum atomic E-state index is -1.06. The first kappa shape index (κ1) is 35.9. The van der Waals surface area contributed by atoms with Crippen molar-refractivity contribution in [3.8, 4) is 0 Å². The number of aliphatic hydroxyl groups excluding tert-OH is 1. The first-order valence-corrected chi connectivity index (χ1v) is 11.6. The van der Waals surface area contributed by atoms with Crippen LogP contribution < -0.4 is 0 Å². The van der Waals surface area contributed by atoms with Gasteiger partial charge >= 0.3 is 23.9 Å². The fourth-order valence-corrected chi connectivity index (χ4v) is 2.59. The average molecular weight is 523 g/mol. The minimum absolute atomic E-state index is 0. The molecule has 1 rings (SSSR count). The number of esters is 4. The molecule has 11 nitrogen and oxygen atoms in total. The van der Waals surface area contributed by atoms with Crippen LogP contribution in [0.4, 0.5) is 0 Å². The van der Waals surface area contributed by atoms with E-state index in [4.69, 9.17) is 28.4 Å². The van der Waals surface area contributed by atoms with Crippen LogP contribution in [-0.2, 0) is 47.6 Å². The fraction of sp³-hybridized carbons (Fsp3) is 0.840. The number of methoxy groups -OCH3 is 2. The van der Waals surface area contributed by atoms with Gasteiger partial charge in [-0.15, -0.1) is 0 Å². The maximum atomic E-state index is 11.9. The zero-order valence-electron chi connectivity index (χ0n) is 22.0. The van der Waals surface area contributed by atoms with Crippen LogP contribution in [0, 0.1) is 16.7 Å². The second kappa shape index (κ2) is 18.1. The van der Waals surface area contributed by atoms with Gasteiger partial charge in [-0.25, -0.2) is 0 Å². The van der Waals surface area contributed by atoms with E-state index in [2.05, 4.69) is 0 Å². The molecule has 212 valence electrons. The Balaban J connectivity index is 0. The van der Waals surface area contributed by atoms with Crippen molar-refractivity contribution in [2.45, 2.75) is 67.4 Å². The highest BCUT2D eigenvalue weighted by Crippen LogP contribution is 2.30. The number of carbonyl (C=O) groups excluding carboxylic acids is 4. The van der Waals surface area contributed by atoms with Gasteiger partial charge in [-0.1, -0.05) is 14.4 Å². The van der Waals surface area contributed by atoms with E-state index in [1.54, 1.807) is 20.8 Å². The topological polar surface area (TPSA) is 144 Å². The van der Waals surface area contributed by atoms with Crippen molar-refractivity contribution in [3.05, 3.63) is 0 Å². The third kappa shape index (κ3) is 15.0. The molecule has 0 aromatic rings. The Hall–Kier alpha value is -2.24. The number of hydrogen-bond donors (Lipinski definition) is 1. The molecule has 0 radical (unpaired) electrons. The van der Waals surface area contributed by atoms with Crippen molar-refractivity contribution in [1.29, 1.82) is 0 Å². The van der Waals surface area contributed by atoms with Crippen molar-refractivity contribution in [2.24, 2.45) is 16.7 Å². The average Bonchev–Trinajstić information content (AvgIpc) is 3.63. The Labute approximate surface area is 215 Å². The summed E-state index contributed by atoms with van der Waals surface area (Å²) in [5, 5.41) is 9.33. The first-order valence-electron chi connectivity index (χ1n) is 11.6. The Morgan fingerprint density at radius 3 is 1.56 bits per heavy atom. The van der Waals surface area contributed by atoms with Crippen molar-refractivity contribution < 1.29 is 52.7 Å². The molecule has 1 fully saturated rings. The molecule has 1 saturated carbocycles. The summed E-state index contributed by atoms with van der Waals surface area (Å²) in [7, 11) is 2.94. The Bertz CT molecular complexity index is 677. The van der Waals surface area contributed by atoms with Gasteiger partial charge in [0.15, 0.2) is 0 Å². The van der Waals surface area contributed by atoms with Gasteiger partial charge in [0.1, 0.15) is 30.7 Å². The molecule has 0 bridgehead atoms. The van der Waals surface area contributed by atoms with Gasteiger partial charge in [0, 0.05) is 28.1 Å². The molecule has 3 unspecified atom stereocenters. The number of hydrogen-bond acceptors (Lipinski definition) is 11. The molecular formula is C25H46O11. The molecule has 1 aliphatic carbocycles. The summed E-state index contributed by atoms with van der Waals surface area (Å²) in [4.78, 5) is 45.3. The summed E-state index contributed by atoms with van der Waals surface area (Å²) in [6, 6.07) is 0. The van der Waals surface area contributed by atoms with Gasteiger partial charge in [0.25, 0.3) is 0 Å². The molecule has 0 aliphatic heterocycles. The highest BCUT2D eigenvalue weighted by molar-refractivity contribution is 5.78. The van der Waals surface area contributed by atoms with Crippen molar-refractivity contribution in [2.75, 3.05) is 53.9 Å². The van der Waals surface area contributed by atoms with E-state index in [0.29, 0.717) is 18.9 Å². The van der Waals surface area contributed by atoms with Crippen molar-refractivity contribution in [3.63, 3.8) is 0 Å². The molecule has 0 spiro atoms. The van der Waals surface area contributed by atoms with Crippen LogP contribution in [-0.4, -0.2) is 88.9 Å². The summed E-state index contributed by atoms with van der Waals surface area (Å²) in [6.45, 7) is 8.11. The van der Waals surface area contributed by atoms with E-state index in [1.165, 1.54) is 28.1 Å². The van der Waals surface area contributed by atoms with Crippen molar-refractivity contribution >= 4 is 23.9 Å².